The van der Waals surface area contributed by atoms with Crippen LogP contribution in [0.4, 0.5) is 0 Å². The minimum absolute atomic E-state index is 0.0126. The van der Waals surface area contributed by atoms with Crippen LogP contribution in [0.2, 0.25) is 0 Å². The third-order valence-corrected chi connectivity index (χ3v) is 7.34. The molecule has 1 fully saturated rings. The van der Waals surface area contributed by atoms with Crippen LogP contribution in [0.5, 0.6) is 0 Å². The molecule has 6 nitrogen and oxygen atoms in total. The van der Waals surface area contributed by atoms with Crippen molar-refractivity contribution in [3.8, 4) is 0 Å². The van der Waals surface area contributed by atoms with Gasteiger partial charge in [0.05, 0.1) is 16.8 Å². The third-order valence-electron chi connectivity index (χ3n) is 3.26. The van der Waals surface area contributed by atoms with Gasteiger partial charge in [0.25, 0.3) is 0 Å². The highest BCUT2D eigenvalue weighted by atomic mass is 32.2. The van der Waals surface area contributed by atoms with Gasteiger partial charge >= 0.3 is 0 Å². The molecule has 0 aromatic carbocycles. The Bertz CT molecular complexity index is 444. The SMILES string of the molecule is CNCCCN(C)S(=O)(=O)C1CCS(=O)(=O)CC1. The van der Waals surface area contributed by atoms with E-state index in [1.807, 2.05) is 7.05 Å². The van der Waals surface area contributed by atoms with E-state index in [2.05, 4.69) is 5.32 Å². The third kappa shape index (κ3) is 4.18. The Morgan fingerprint density at radius 1 is 1.28 bits per heavy atom. The molecule has 8 heteroatoms. The highest BCUT2D eigenvalue weighted by molar-refractivity contribution is 7.92. The molecule has 0 unspecified atom stereocenters. The van der Waals surface area contributed by atoms with Crippen LogP contribution in [-0.2, 0) is 19.9 Å². The van der Waals surface area contributed by atoms with Gasteiger partial charge in [-0.2, -0.15) is 0 Å². The van der Waals surface area contributed by atoms with Gasteiger partial charge in [0.2, 0.25) is 10.0 Å². The fraction of sp³-hybridized carbons (Fsp3) is 1.00. The first kappa shape index (κ1) is 15.9. The summed E-state index contributed by atoms with van der Waals surface area (Å²) in [4.78, 5) is 0. The van der Waals surface area contributed by atoms with E-state index >= 15 is 0 Å². The van der Waals surface area contributed by atoms with Crippen LogP contribution in [0.25, 0.3) is 0 Å². The van der Waals surface area contributed by atoms with Gasteiger partial charge in [-0.1, -0.05) is 0 Å². The van der Waals surface area contributed by atoms with Gasteiger partial charge in [-0.05, 0) is 32.9 Å². The normalized spacial score (nSPS) is 21.3. The van der Waals surface area contributed by atoms with E-state index < -0.39 is 25.1 Å². The molecular formula is C10H22N2O4S2. The number of nitrogens with one attached hydrogen (secondary N) is 1. The predicted molar refractivity (Wildman–Crippen MR) is 71.8 cm³/mol. The lowest BCUT2D eigenvalue weighted by Crippen LogP contribution is -2.41. The molecule has 18 heavy (non-hydrogen) atoms. The summed E-state index contributed by atoms with van der Waals surface area (Å²) in [5, 5.41) is 2.42. The van der Waals surface area contributed by atoms with Gasteiger partial charge in [-0.3, -0.25) is 0 Å². The van der Waals surface area contributed by atoms with Crippen LogP contribution < -0.4 is 5.32 Å². The van der Waals surface area contributed by atoms with Crippen molar-refractivity contribution < 1.29 is 16.8 Å². The van der Waals surface area contributed by atoms with E-state index in [1.165, 1.54) is 4.31 Å². The fourth-order valence-corrected chi connectivity index (χ4v) is 5.54. The first-order chi connectivity index (χ1) is 8.29. The molecule has 1 saturated heterocycles. The lowest BCUT2D eigenvalue weighted by molar-refractivity contribution is 0.442. The Kier molecular flexibility index (Phi) is 5.57. The molecule has 0 radical (unpaired) electrons. The second-order valence-electron chi connectivity index (χ2n) is 4.67. The summed E-state index contributed by atoms with van der Waals surface area (Å²) in [6.07, 6.45) is 1.19. The first-order valence-electron chi connectivity index (χ1n) is 6.10. The molecule has 0 aromatic rings. The van der Waals surface area contributed by atoms with E-state index in [0.29, 0.717) is 6.54 Å². The van der Waals surface area contributed by atoms with E-state index in [9.17, 15) is 16.8 Å². The largest absolute Gasteiger partial charge is 0.320 e. The van der Waals surface area contributed by atoms with Crippen LogP contribution >= 0.6 is 0 Å². The summed E-state index contributed by atoms with van der Waals surface area (Å²) in [7, 11) is -2.98. The number of sulfonamides is 1. The molecule has 1 aliphatic rings. The van der Waals surface area contributed by atoms with Crippen LogP contribution in [0.3, 0.4) is 0 Å². The number of hydrogen-bond acceptors (Lipinski definition) is 5. The van der Waals surface area contributed by atoms with Crippen molar-refractivity contribution in [3.05, 3.63) is 0 Å². The van der Waals surface area contributed by atoms with Crippen molar-refractivity contribution in [2.45, 2.75) is 24.5 Å². The van der Waals surface area contributed by atoms with Crippen LogP contribution in [0, 0.1) is 0 Å². The molecule has 0 aliphatic carbocycles. The lowest BCUT2D eigenvalue weighted by atomic mass is 10.2. The second-order valence-corrected chi connectivity index (χ2v) is 9.30. The molecule has 108 valence electrons. The number of hydrogen-bond donors (Lipinski definition) is 1. The molecule has 0 spiro atoms. The van der Waals surface area contributed by atoms with Crippen molar-refractivity contribution in [2.24, 2.45) is 0 Å². The Morgan fingerprint density at radius 3 is 2.33 bits per heavy atom. The number of nitrogens with zero attached hydrogens (tertiary/aromatic N) is 1. The summed E-state index contributed by atoms with van der Waals surface area (Å²) in [6.45, 7) is 1.23. The maximum Gasteiger partial charge on any atom is 0.216 e. The topological polar surface area (TPSA) is 83.6 Å². The van der Waals surface area contributed by atoms with E-state index in [1.54, 1.807) is 7.05 Å². The fourth-order valence-electron chi connectivity index (χ4n) is 2.03. The Morgan fingerprint density at radius 2 is 1.83 bits per heavy atom. The van der Waals surface area contributed by atoms with Crippen molar-refractivity contribution in [1.29, 1.82) is 0 Å². The molecule has 0 atom stereocenters. The smallest absolute Gasteiger partial charge is 0.216 e. The molecule has 0 bridgehead atoms. The Balaban J connectivity index is 2.58. The summed E-state index contributed by atoms with van der Waals surface area (Å²) in [6, 6.07) is 0. The van der Waals surface area contributed by atoms with Crippen molar-refractivity contribution in [3.63, 3.8) is 0 Å². The Labute approximate surface area is 110 Å². The average Bonchev–Trinajstić information content (AvgIpc) is 2.28. The van der Waals surface area contributed by atoms with Gasteiger partial charge in [0.1, 0.15) is 9.84 Å². The lowest BCUT2D eigenvalue weighted by Gasteiger charge is -2.27. The van der Waals surface area contributed by atoms with Crippen molar-refractivity contribution in [2.75, 3.05) is 38.7 Å². The zero-order valence-electron chi connectivity index (χ0n) is 10.9. The van der Waals surface area contributed by atoms with Crippen molar-refractivity contribution >= 4 is 19.9 Å². The predicted octanol–water partition coefficient (Wildman–Crippen LogP) is -0.565. The molecule has 1 N–H and O–H groups in total. The molecule has 0 amide bonds. The molecule has 0 aromatic heterocycles. The first-order valence-corrected chi connectivity index (χ1v) is 9.42. The van der Waals surface area contributed by atoms with Gasteiger partial charge in [-0.15, -0.1) is 0 Å². The highest BCUT2D eigenvalue weighted by Gasteiger charge is 2.34. The van der Waals surface area contributed by atoms with Gasteiger partial charge in [0, 0.05) is 13.6 Å². The summed E-state index contributed by atoms with van der Waals surface area (Å²) < 4.78 is 48.3. The molecular weight excluding hydrogens is 276 g/mol. The van der Waals surface area contributed by atoms with E-state index in [4.69, 9.17) is 0 Å². The van der Waals surface area contributed by atoms with Crippen LogP contribution in [0.1, 0.15) is 19.3 Å². The quantitative estimate of drug-likeness (QED) is 0.664. The van der Waals surface area contributed by atoms with Crippen molar-refractivity contribution in [1.82, 2.24) is 9.62 Å². The molecule has 0 saturated carbocycles. The number of sulfone groups is 1. The molecule has 1 aliphatic heterocycles. The second kappa shape index (κ2) is 6.31. The van der Waals surface area contributed by atoms with E-state index in [0.717, 1.165) is 13.0 Å². The monoisotopic (exact) mass is 298 g/mol. The Hall–Kier alpha value is -0.180. The maximum atomic E-state index is 12.2. The van der Waals surface area contributed by atoms with Crippen LogP contribution in [-0.4, -0.2) is 65.1 Å². The molecule has 1 heterocycles. The number of rotatable bonds is 6. The zero-order valence-corrected chi connectivity index (χ0v) is 12.6. The summed E-state index contributed by atoms with van der Waals surface area (Å²) in [5.74, 6) is -0.0253. The molecule has 1 rings (SSSR count). The van der Waals surface area contributed by atoms with Gasteiger partial charge in [0.15, 0.2) is 0 Å². The standard InChI is InChI=1S/C10H22N2O4S2/c1-11-6-3-7-12(2)18(15,16)10-4-8-17(13,14)9-5-10/h10-11H,3-9H2,1-2H3. The van der Waals surface area contributed by atoms with Gasteiger partial charge < -0.3 is 5.32 Å². The summed E-state index contributed by atoms with van der Waals surface area (Å²) in [5.41, 5.74) is 0. The highest BCUT2D eigenvalue weighted by Crippen LogP contribution is 2.21. The van der Waals surface area contributed by atoms with Gasteiger partial charge in [-0.25, -0.2) is 21.1 Å². The minimum atomic E-state index is -3.35. The average molecular weight is 298 g/mol. The maximum absolute atomic E-state index is 12.2. The van der Waals surface area contributed by atoms with Crippen LogP contribution in [0.15, 0.2) is 0 Å². The summed E-state index contributed by atoms with van der Waals surface area (Å²) >= 11 is 0. The zero-order chi connectivity index (χ0) is 13.8. The minimum Gasteiger partial charge on any atom is -0.320 e. The van der Waals surface area contributed by atoms with E-state index in [-0.39, 0.29) is 24.3 Å².